The Bertz CT molecular complexity index is 716. The van der Waals surface area contributed by atoms with Gasteiger partial charge >= 0.3 is 0 Å². The summed E-state index contributed by atoms with van der Waals surface area (Å²) in [5, 5.41) is 5.17. The van der Waals surface area contributed by atoms with E-state index in [9.17, 15) is 0 Å². The van der Waals surface area contributed by atoms with Crippen LogP contribution in [0.4, 0.5) is 0 Å². The summed E-state index contributed by atoms with van der Waals surface area (Å²) in [6.07, 6.45) is 4.01. The number of pyridine rings is 1. The van der Waals surface area contributed by atoms with Crippen LogP contribution < -0.4 is 5.32 Å². The van der Waals surface area contributed by atoms with Crippen molar-refractivity contribution in [3.63, 3.8) is 0 Å². The fourth-order valence-electron chi connectivity index (χ4n) is 2.43. The van der Waals surface area contributed by atoms with Crippen LogP contribution in [0.25, 0.3) is 11.0 Å². The van der Waals surface area contributed by atoms with Crippen LogP contribution in [0.3, 0.4) is 0 Å². The first-order valence-corrected chi connectivity index (χ1v) is 6.97. The van der Waals surface area contributed by atoms with Crippen LogP contribution in [-0.4, -0.2) is 16.6 Å². The standard InChI is InChI=1S/C16H16ClN3/c1-18-9-13-11-20(16-15(13)3-2-8-19-16)10-12-4-6-14(17)7-5-12/h2-8,11,18H,9-10H2,1H3. The van der Waals surface area contributed by atoms with Gasteiger partial charge in [-0.15, -0.1) is 0 Å². The Labute approximate surface area is 123 Å². The fourth-order valence-corrected chi connectivity index (χ4v) is 2.56. The van der Waals surface area contributed by atoms with Gasteiger partial charge in [-0.1, -0.05) is 23.7 Å². The summed E-state index contributed by atoms with van der Waals surface area (Å²) < 4.78 is 2.19. The molecule has 0 unspecified atom stereocenters. The quantitative estimate of drug-likeness (QED) is 0.796. The lowest BCUT2D eigenvalue weighted by molar-refractivity contribution is 0.791. The largest absolute Gasteiger partial charge is 0.328 e. The molecule has 0 aliphatic heterocycles. The molecule has 2 heterocycles. The van der Waals surface area contributed by atoms with Gasteiger partial charge in [0.2, 0.25) is 0 Å². The number of rotatable bonds is 4. The van der Waals surface area contributed by atoms with E-state index in [0.717, 1.165) is 23.8 Å². The number of aromatic nitrogens is 2. The molecule has 0 atom stereocenters. The molecule has 0 saturated heterocycles. The Morgan fingerprint density at radius 2 is 2.00 bits per heavy atom. The molecule has 0 radical (unpaired) electrons. The van der Waals surface area contributed by atoms with Crippen molar-refractivity contribution in [2.24, 2.45) is 0 Å². The van der Waals surface area contributed by atoms with Gasteiger partial charge < -0.3 is 9.88 Å². The number of benzene rings is 1. The minimum Gasteiger partial charge on any atom is -0.328 e. The van der Waals surface area contributed by atoms with Gasteiger partial charge in [0.15, 0.2) is 0 Å². The minimum atomic E-state index is 0.764. The molecular weight excluding hydrogens is 270 g/mol. The van der Waals surface area contributed by atoms with Gasteiger partial charge in [-0.2, -0.15) is 0 Å². The predicted octanol–water partition coefficient (Wildman–Crippen LogP) is 3.46. The predicted molar refractivity (Wildman–Crippen MR) is 83.1 cm³/mol. The van der Waals surface area contributed by atoms with Gasteiger partial charge in [-0.3, -0.25) is 0 Å². The molecule has 102 valence electrons. The molecule has 20 heavy (non-hydrogen) atoms. The van der Waals surface area contributed by atoms with Crippen molar-refractivity contribution in [1.82, 2.24) is 14.9 Å². The molecule has 0 bridgehead atoms. The first-order valence-electron chi connectivity index (χ1n) is 6.59. The summed E-state index contributed by atoms with van der Waals surface area (Å²) in [7, 11) is 1.96. The fraction of sp³-hybridized carbons (Fsp3) is 0.188. The van der Waals surface area contributed by atoms with Crippen molar-refractivity contribution >= 4 is 22.6 Å². The molecular formula is C16H16ClN3. The number of fused-ring (bicyclic) bond motifs is 1. The van der Waals surface area contributed by atoms with Crippen molar-refractivity contribution in [3.05, 3.63) is 64.9 Å². The molecule has 3 rings (SSSR count). The smallest absolute Gasteiger partial charge is 0.140 e. The van der Waals surface area contributed by atoms with Gasteiger partial charge in [-0.05, 0) is 42.4 Å². The number of hydrogen-bond acceptors (Lipinski definition) is 2. The summed E-state index contributed by atoms with van der Waals surface area (Å²) in [6.45, 7) is 1.64. The van der Waals surface area contributed by atoms with Crippen molar-refractivity contribution in [1.29, 1.82) is 0 Å². The highest BCUT2D eigenvalue weighted by Crippen LogP contribution is 2.21. The Kier molecular flexibility index (Phi) is 3.72. The first-order chi connectivity index (χ1) is 9.78. The van der Waals surface area contributed by atoms with E-state index >= 15 is 0 Å². The van der Waals surface area contributed by atoms with E-state index in [1.165, 1.54) is 16.5 Å². The molecule has 2 aromatic heterocycles. The molecule has 1 aromatic carbocycles. The number of nitrogens with zero attached hydrogens (tertiary/aromatic N) is 2. The van der Waals surface area contributed by atoms with Gasteiger partial charge in [0, 0.05) is 35.9 Å². The van der Waals surface area contributed by atoms with E-state index in [2.05, 4.69) is 39.3 Å². The maximum atomic E-state index is 5.93. The van der Waals surface area contributed by atoms with E-state index in [4.69, 9.17) is 11.6 Å². The van der Waals surface area contributed by atoms with Gasteiger partial charge in [0.1, 0.15) is 5.65 Å². The van der Waals surface area contributed by atoms with Crippen LogP contribution in [0.15, 0.2) is 48.8 Å². The topological polar surface area (TPSA) is 29.9 Å². The van der Waals surface area contributed by atoms with E-state index in [-0.39, 0.29) is 0 Å². The molecule has 0 aliphatic rings. The highest BCUT2D eigenvalue weighted by molar-refractivity contribution is 6.30. The SMILES string of the molecule is CNCc1cn(Cc2ccc(Cl)cc2)c2ncccc12. The highest BCUT2D eigenvalue weighted by Gasteiger charge is 2.08. The minimum absolute atomic E-state index is 0.764. The maximum absolute atomic E-state index is 5.93. The Morgan fingerprint density at radius 1 is 1.20 bits per heavy atom. The molecule has 0 saturated carbocycles. The molecule has 0 spiro atoms. The second kappa shape index (κ2) is 5.65. The summed E-state index contributed by atoms with van der Waals surface area (Å²) in [4.78, 5) is 4.51. The van der Waals surface area contributed by atoms with Crippen LogP contribution in [-0.2, 0) is 13.1 Å². The van der Waals surface area contributed by atoms with E-state index in [1.54, 1.807) is 0 Å². The summed E-state index contributed by atoms with van der Waals surface area (Å²) in [5.74, 6) is 0. The maximum Gasteiger partial charge on any atom is 0.140 e. The second-order valence-corrected chi connectivity index (χ2v) is 5.25. The number of halogens is 1. The Morgan fingerprint density at radius 3 is 2.75 bits per heavy atom. The Balaban J connectivity index is 2.00. The average molecular weight is 286 g/mol. The lowest BCUT2D eigenvalue weighted by atomic mass is 10.2. The third kappa shape index (κ3) is 2.55. The van der Waals surface area contributed by atoms with Crippen LogP contribution in [0, 0.1) is 0 Å². The molecule has 1 N–H and O–H groups in total. The van der Waals surface area contributed by atoms with Crippen molar-refractivity contribution in [2.45, 2.75) is 13.1 Å². The van der Waals surface area contributed by atoms with E-state index in [1.807, 2.05) is 31.4 Å². The zero-order valence-corrected chi connectivity index (χ0v) is 12.1. The monoisotopic (exact) mass is 285 g/mol. The lowest BCUT2D eigenvalue weighted by Gasteiger charge is -2.04. The summed E-state index contributed by atoms with van der Waals surface area (Å²) in [6, 6.07) is 12.0. The average Bonchev–Trinajstić information content (AvgIpc) is 2.81. The molecule has 3 aromatic rings. The van der Waals surface area contributed by atoms with Crippen molar-refractivity contribution in [2.75, 3.05) is 7.05 Å². The summed E-state index contributed by atoms with van der Waals surface area (Å²) >= 11 is 5.93. The number of hydrogen-bond donors (Lipinski definition) is 1. The van der Waals surface area contributed by atoms with Crippen LogP contribution in [0.1, 0.15) is 11.1 Å². The lowest BCUT2D eigenvalue weighted by Crippen LogP contribution is -2.04. The molecule has 0 aliphatic carbocycles. The van der Waals surface area contributed by atoms with Gasteiger partial charge in [0.25, 0.3) is 0 Å². The van der Waals surface area contributed by atoms with Crippen LogP contribution in [0.5, 0.6) is 0 Å². The van der Waals surface area contributed by atoms with Crippen molar-refractivity contribution in [3.8, 4) is 0 Å². The van der Waals surface area contributed by atoms with E-state index in [0.29, 0.717) is 0 Å². The van der Waals surface area contributed by atoms with E-state index < -0.39 is 0 Å². The van der Waals surface area contributed by atoms with Gasteiger partial charge in [0.05, 0.1) is 0 Å². The van der Waals surface area contributed by atoms with Crippen LogP contribution in [0.2, 0.25) is 5.02 Å². The molecule has 4 heteroatoms. The molecule has 0 fully saturated rings. The third-order valence-corrected chi connectivity index (χ3v) is 3.60. The zero-order valence-electron chi connectivity index (χ0n) is 11.3. The third-order valence-electron chi connectivity index (χ3n) is 3.35. The molecule has 3 nitrogen and oxygen atoms in total. The number of nitrogens with one attached hydrogen (secondary N) is 1. The molecule has 0 amide bonds. The first kappa shape index (κ1) is 13.2. The zero-order chi connectivity index (χ0) is 13.9. The van der Waals surface area contributed by atoms with Gasteiger partial charge in [-0.25, -0.2) is 4.98 Å². The Hall–Kier alpha value is -1.84. The van der Waals surface area contributed by atoms with Crippen molar-refractivity contribution < 1.29 is 0 Å². The summed E-state index contributed by atoms with van der Waals surface area (Å²) in [5.41, 5.74) is 3.50. The van der Waals surface area contributed by atoms with Crippen LogP contribution >= 0.6 is 11.6 Å². The second-order valence-electron chi connectivity index (χ2n) is 4.81. The normalized spacial score (nSPS) is 11.1. The highest BCUT2D eigenvalue weighted by atomic mass is 35.5.